The predicted molar refractivity (Wildman–Crippen MR) is 158 cm³/mol. The largest absolute Gasteiger partial charge is 0.478 e. The molecule has 5 aromatic rings. The van der Waals surface area contributed by atoms with Crippen LogP contribution in [0.2, 0.25) is 0 Å². The number of ether oxygens (including phenoxy) is 1. The highest BCUT2D eigenvalue weighted by Crippen LogP contribution is 2.29. The number of rotatable bonds is 8. The summed E-state index contributed by atoms with van der Waals surface area (Å²) in [6.45, 7) is 5.11. The van der Waals surface area contributed by atoms with E-state index in [-0.39, 0.29) is 11.5 Å². The molecule has 7 nitrogen and oxygen atoms in total. The van der Waals surface area contributed by atoms with Gasteiger partial charge in [-0.3, -0.25) is 4.79 Å². The first-order chi connectivity index (χ1) is 19.8. The molecule has 41 heavy (non-hydrogen) atoms. The number of hydrogen-bond donors (Lipinski definition) is 2. The molecule has 7 heteroatoms. The molecule has 0 aliphatic rings. The Hall–Kier alpha value is -5.17. The van der Waals surface area contributed by atoms with E-state index >= 15 is 0 Å². The molecule has 0 saturated carbocycles. The van der Waals surface area contributed by atoms with Gasteiger partial charge in [-0.1, -0.05) is 54.6 Å². The standard InChI is InChI=1S/C34H30N2O5/c1-21-22(2)36(20-24-10-12-25(13-11-24)28-6-4-5-7-29(28)33(38)39)31-17-16-27(18-30(21)31)32(37)35-19-23-8-14-26(15-9-23)34(40)41-3/h4-18H,19-20H2,1-3H3,(H,35,37)(H,38,39). The van der Waals surface area contributed by atoms with E-state index < -0.39 is 11.9 Å². The van der Waals surface area contributed by atoms with E-state index in [0.29, 0.717) is 29.8 Å². The predicted octanol–water partition coefficient (Wildman–Crippen LogP) is 6.39. The van der Waals surface area contributed by atoms with Crippen molar-refractivity contribution in [3.05, 3.63) is 130 Å². The summed E-state index contributed by atoms with van der Waals surface area (Å²) in [6.07, 6.45) is 0. The lowest BCUT2D eigenvalue weighted by atomic mass is 9.99. The molecule has 0 bridgehead atoms. The summed E-state index contributed by atoms with van der Waals surface area (Å²) < 4.78 is 6.96. The monoisotopic (exact) mass is 546 g/mol. The molecule has 4 aromatic carbocycles. The van der Waals surface area contributed by atoms with Crippen molar-refractivity contribution in [2.24, 2.45) is 0 Å². The third kappa shape index (κ3) is 5.61. The van der Waals surface area contributed by atoms with Gasteiger partial charge in [0.25, 0.3) is 5.91 Å². The van der Waals surface area contributed by atoms with Crippen LogP contribution in [0.25, 0.3) is 22.0 Å². The van der Waals surface area contributed by atoms with Gasteiger partial charge in [0.05, 0.1) is 18.2 Å². The van der Waals surface area contributed by atoms with E-state index in [1.165, 1.54) is 7.11 Å². The molecule has 0 spiro atoms. The third-order valence-electron chi connectivity index (χ3n) is 7.49. The van der Waals surface area contributed by atoms with Crippen molar-refractivity contribution in [1.82, 2.24) is 9.88 Å². The number of methoxy groups -OCH3 is 1. The second kappa shape index (κ2) is 11.5. The summed E-state index contributed by atoms with van der Waals surface area (Å²) in [5.74, 6) is -1.52. The SMILES string of the molecule is COC(=O)c1ccc(CNC(=O)c2ccc3c(c2)c(C)c(C)n3Cc2ccc(-c3ccccc3C(=O)O)cc2)cc1. The number of carboxylic acids is 1. The molecule has 0 atom stereocenters. The molecule has 0 radical (unpaired) electrons. The Morgan fingerprint density at radius 3 is 2.17 bits per heavy atom. The Labute approximate surface area is 238 Å². The van der Waals surface area contributed by atoms with Crippen LogP contribution in [0.1, 0.15) is 53.5 Å². The highest BCUT2D eigenvalue weighted by atomic mass is 16.5. The lowest BCUT2D eigenvalue weighted by molar-refractivity contribution is 0.0599. The molecular weight excluding hydrogens is 516 g/mol. The van der Waals surface area contributed by atoms with Gasteiger partial charge in [-0.05, 0) is 78.1 Å². The Balaban J connectivity index is 1.33. The van der Waals surface area contributed by atoms with Crippen molar-refractivity contribution >= 4 is 28.7 Å². The molecule has 1 aromatic heterocycles. The second-order valence-corrected chi connectivity index (χ2v) is 9.95. The molecule has 2 N–H and O–H groups in total. The van der Waals surface area contributed by atoms with Crippen molar-refractivity contribution in [3.8, 4) is 11.1 Å². The minimum Gasteiger partial charge on any atom is -0.478 e. The average molecular weight is 547 g/mol. The molecule has 0 saturated heterocycles. The minimum absolute atomic E-state index is 0.175. The number of carbonyl (C=O) groups excluding carboxylic acids is 2. The zero-order valence-electron chi connectivity index (χ0n) is 23.1. The maximum absolute atomic E-state index is 13.0. The Kier molecular flexibility index (Phi) is 7.70. The molecule has 0 fully saturated rings. The zero-order valence-corrected chi connectivity index (χ0v) is 23.1. The van der Waals surface area contributed by atoms with Crippen LogP contribution < -0.4 is 5.32 Å². The van der Waals surface area contributed by atoms with E-state index in [1.807, 2.05) is 54.6 Å². The first-order valence-corrected chi connectivity index (χ1v) is 13.2. The fraction of sp³-hybridized carbons (Fsp3) is 0.147. The van der Waals surface area contributed by atoms with Crippen LogP contribution in [0.5, 0.6) is 0 Å². The van der Waals surface area contributed by atoms with Gasteiger partial charge in [-0.15, -0.1) is 0 Å². The number of esters is 1. The van der Waals surface area contributed by atoms with Gasteiger partial charge < -0.3 is 19.7 Å². The maximum Gasteiger partial charge on any atom is 0.337 e. The molecule has 0 unspecified atom stereocenters. The number of carboxylic acid groups (broad SMARTS) is 1. The van der Waals surface area contributed by atoms with Crippen LogP contribution in [0.4, 0.5) is 0 Å². The van der Waals surface area contributed by atoms with Gasteiger partial charge >= 0.3 is 11.9 Å². The Morgan fingerprint density at radius 2 is 1.49 bits per heavy atom. The topological polar surface area (TPSA) is 97.6 Å². The quantitative estimate of drug-likeness (QED) is 0.220. The molecular formula is C34H30N2O5. The molecule has 0 aliphatic heterocycles. The third-order valence-corrected chi connectivity index (χ3v) is 7.49. The van der Waals surface area contributed by atoms with Crippen molar-refractivity contribution in [1.29, 1.82) is 0 Å². The lowest BCUT2D eigenvalue weighted by Crippen LogP contribution is -2.22. The van der Waals surface area contributed by atoms with Crippen LogP contribution in [-0.2, 0) is 17.8 Å². The van der Waals surface area contributed by atoms with Gasteiger partial charge in [-0.2, -0.15) is 0 Å². The van der Waals surface area contributed by atoms with Crippen molar-refractivity contribution < 1.29 is 24.2 Å². The van der Waals surface area contributed by atoms with E-state index in [2.05, 4.69) is 23.7 Å². The van der Waals surface area contributed by atoms with Crippen LogP contribution >= 0.6 is 0 Å². The number of amides is 1. The second-order valence-electron chi connectivity index (χ2n) is 9.95. The smallest absolute Gasteiger partial charge is 0.337 e. The molecule has 206 valence electrons. The number of fused-ring (bicyclic) bond motifs is 1. The first-order valence-electron chi connectivity index (χ1n) is 13.2. The number of aromatic nitrogens is 1. The average Bonchev–Trinajstić information content (AvgIpc) is 3.24. The van der Waals surface area contributed by atoms with Crippen molar-refractivity contribution in [3.63, 3.8) is 0 Å². The lowest BCUT2D eigenvalue weighted by Gasteiger charge is -2.11. The maximum atomic E-state index is 13.0. The fourth-order valence-corrected chi connectivity index (χ4v) is 5.05. The van der Waals surface area contributed by atoms with E-state index in [1.54, 1.807) is 36.4 Å². The van der Waals surface area contributed by atoms with Crippen LogP contribution in [0.3, 0.4) is 0 Å². The summed E-state index contributed by atoms with van der Waals surface area (Å²) in [5, 5.41) is 13.5. The highest BCUT2D eigenvalue weighted by Gasteiger charge is 2.15. The summed E-state index contributed by atoms with van der Waals surface area (Å²) in [6, 6.07) is 27.6. The summed E-state index contributed by atoms with van der Waals surface area (Å²) in [4.78, 5) is 36.2. The molecule has 1 heterocycles. The summed E-state index contributed by atoms with van der Waals surface area (Å²) >= 11 is 0. The number of nitrogens with zero attached hydrogens (tertiary/aromatic N) is 1. The van der Waals surface area contributed by atoms with Crippen molar-refractivity contribution in [2.75, 3.05) is 7.11 Å². The Morgan fingerprint density at radius 1 is 0.829 bits per heavy atom. The number of nitrogens with one attached hydrogen (secondary N) is 1. The highest BCUT2D eigenvalue weighted by molar-refractivity contribution is 5.99. The van der Waals surface area contributed by atoms with Gasteiger partial charge in [0, 0.05) is 35.2 Å². The van der Waals surface area contributed by atoms with Gasteiger partial charge in [-0.25, -0.2) is 9.59 Å². The van der Waals surface area contributed by atoms with Gasteiger partial charge in [0.2, 0.25) is 0 Å². The van der Waals surface area contributed by atoms with E-state index in [9.17, 15) is 19.5 Å². The summed E-state index contributed by atoms with van der Waals surface area (Å²) in [7, 11) is 1.34. The van der Waals surface area contributed by atoms with Crippen LogP contribution in [0, 0.1) is 13.8 Å². The summed E-state index contributed by atoms with van der Waals surface area (Å²) in [5.41, 5.74) is 8.08. The van der Waals surface area contributed by atoms with Crippen molar-refractivity contribution in [2.45, 2.75) is 26.9 Å². The number of aromatic carboxylic acids is 1. The van der Waals surface area contributed by atoms with Gasteiger partial charge in [0.15, 0.2) is 0 Å². The minimum atomic E-state index is -0.947. The fourth-order valence-electron chi connectivity index (χ4n) is 5.05. The molecule has 5 rings (SSSR count). The molecule has 1 amide bonds. The van der Waals surface area contributed by atoms with Crippen LogP contribution in [0.15, 0.2) is 91.0 Å². The van der Waals surface area contributed by atoms with E-state index in [0.717, 1.165) is 38.9 Å². The number of carbonyl (C=O) groups is 3. The molecule has 0 aliphatic carbocycles. The van der Waals surface area contributed by atoms with Crippen LogP contribution in [-0.4, -0.2) is 34.6 Å². The van der Waals surface area contributed by atoms with Gasteiger partial charge in [0.1, 0.15) is 0 Å². The Bertz CT molecular complexity index is 1770. The zero-order chi connectivity index (χ0) is 29.1. The normalized spacial score (nSPS) is 10.9. The number of benzene rings is 4. The number of aryl methyl sites for hydroxylation is 1. The number of hydrogen-bond acceptors (Lipinski definition) is 4. The first kappa shape index (κ1) is 27.4. The van der Waals surface area contributed by atoms with E-state index in [4.69, 9.17) is 4.74 Å².